The molecule has 0 aromatic carbocycles. The van der Waals surface area contributed by atoms with Crippen LogP contribution in [0.25, 0.3) is 0 Å². The molecule has 0 saturated heterocycles. The van der Waals surface area contributed by atoms with E-state index in [0.29, 0.717) is 6.61 Å². The first-order valence-electron chi connectivity index (χ1n) is 5.00. The monoisotopic (exact) mass is 215 g/mol. The molecule has 0 aliphatic rings. The van der Waals surface area contributed by atoms with Crippen LogP contribution in [0.1, 0.15) is 39.1 Å². The molecular weight excluding hydrogens is 198 g/mol. The first-order valence-corrected chi connectivity index (χ1v) is 5.78. The van der Waals surface area contributed by atoms with Crippen molar-refractivity contribution in [2.75, 3.05) is 18.5 Å². The number of anilines is 1. The summed E-state index contributed by atoms with van der Waals surface area (Å²) in [7, 11) is 0. The average Bonchev–Trinajstić information content (AvgIpc) is 2.63. The lowest BCUT2D eigenvalue weighted by atomic mass is 10.2. The van der Waals surface area contributed by atoms with E-state index in [1.807, 2.05) is 13.8 Å². The summed E-state index contributed by atoms with van der Waals surface area (Å²) in [5.74, 6) is 0.801. The average molecular weight is 215 g/mol. The van der Waals surface area contributed by atoms with E-state index in [0.717, 1.165) is 23.9 Å². The normalized spacial score (nSPS) is 12.8. The van der Waals surface area contributed by atoms with Gasteiger partial charge in [0.25, 0.3) is 0 Å². The Kier molecular flexibility index (Phi) is 4.82. The summed E-state index contributed by atoms with van der Waals surface area (Å²) < 4.78 is 9.79. The smallest absolute Gasteiger partial charge is 0.202 e. The molecule has 1 N–H and O–H groups in total. The maximum Gasteiger partial charge on any atom is 0.202 e. The van der Waals surface area contributed by atoms with Gasteiger partial charge in [0.05, 0.1) is 0 Å². The molecule has 1 aromatic rings. The van der Waals surface area contributed by atoms with Gasteiger partial charge in [0.1, 0.15) is 6.10 Å². The van der Waals surface area contributed by atoms with E-state index in [4.69, 9.17) is 4.74 Å². The minimum absolute atomic E-state index is 0.0451. The molecule has 1 aromatic heterocycles. The standard InChI is InChI=1S/C9H17N3OS/c1-4-7(13-6-3)8-11-9(10-5-2)14-12-8/h7H,4-6H2,1-3H3,(H,10,11,12). The lowest BCUT2D eigenvalue weighted by Gasteiger charge is -2.10. The maximum atomic E-state index is 5.52. The van der Waals surface area contributed by atoms with E-state index in [-0.39, 0.29) is 6.10 Å². The Morgan fingerprint density at radius 1 is 1.43 bits per heavy atom. The molecule has 1 atom stereocenters. The molecule has 80 valence electrons. The highest BCUT2D eigenvalue weighted by molar-refractivity contribution is 7.09. The van der Waals surface area contributed by atoms with Gasteiger partial charge >= 0.3 is 0 Å². The Balaban J connectivity index is 2.63. The molecular formula is C9H17N3OS. The fraction of sp³-hybridized carbons (Fsp3) is 0.778. The summed E-state index contributed by atoms with van der Waals surface area (Å²) >= 11 is 1.39. The van der Waals surface area contributed by atoms with Crippen LogP contribution in [0.15, 0.2) is 0 Å². The van der Waals surface area contributed by atoms with Crippen LogP contribution in [0.4, 0.5) is 5.13 Å². The zero-order chi connectivity index (χ0) is 10.4. The van der Waals surface area contributed by atoms with Crippen LogP contribution in [0.2, 0.25) is 0 Å². The van der Waals surface area contributed by atoms with E-state index in [9.17, 15) is 0 Å². The number of ether oxygens (including phenoxy) is 1. The lowest BCUT2D eigenvalue weighted by Crippen LogP contribution is -2.05. The molecule has 0 saturated carbocycles. The summed E-state index contributed by atoms with van der Waals surface area (Å²) in [4.78, 5) is 4.36. The molecule has 0 radical (unpaired) electrons. The summed E-state index contributed by atoms with van der Waals surface area (Å²) in [5, 5.41) is 4.01. The summed E-state index contributed by atoms with van der Waals surface area (Å²) in [5.41, 5.74) is 0. The van der Waals surface area contributed by atoms with Gasteiger partial charge in [-0.25, -0.2) is 4.98 Å². The van der Waals surface area contributed by atoms with Crippen LogP contribution in [-0.4, -0.2) is 22.5 Å². The van der Waals surface area contributed by atoms with E-state index < -0.39 is 0 Å². The van der Waals surface area contributed by atoms with Crippen LogP contribution in [0, 0.1) is 0 Å². The Morgan fingerprint density at radius 2 is 2.21 bits per heavy atom. The summed E-state index contributed by atoms with van der Waals surface area (Å²) in [6.07, 6.45) is 0.958. The van der Waals surface area contributed by atoms with Crippen LogP contribution in [-0.2, 0) is 4.74 Å². The van der Waals surface area contributed by atoms with Crippen molar-refractivity contribution < 1.29 is 4.74 Å². The third-order valence-corrected chi connectivity index (χ3v) is 2.48. The first kappa shape index (κ1) is 11.4. The number of hydrogen-bond donors (Lipinski definition) is 1. The molecule has 0 fully saturated rings. The molecule has 14 heavy (non-hydrogen) atoms. The Morgan fingerprint density at radius 3 is 2.79 bits per heavy atom. The van der Waals surface area contributed by atoms with Gasteiger partial charge in [-0.2, -0.15) is 4.37 Å². The molecule has 5 heteroatoms. The molecule has 4 nitrogen and oxygen atoms in total. The van der Waals surface area contributed by atoms with E-state index >= 15 is 0 Å². The van der Waals surface area contributed by atoms with Gasteiger partial charge in [-0.3, -0.25) is 0 Å². The van der Waals surface area contributed by atoms with Gasteiger partial charge in [-0.1, -0.05) is 6.92 Å². The van der Waals surface area contributed by atoms with Crippen LogP contribution in [0.5, 0.6) is 0 Å². The molecule has 0 aliphatic carbocycles. The van der Waals surface area contributed by atoms with Crippen molar-refractivity contribution in [1.29, 1.82) is 0 Å². The summed E-state index contributed by atoms with van der Waals surface area (Å²) in [6.45, 7) is 7.68. The third-order valence-electron chi connectivity index (χ3n) is 1.80. The van der Waals surface area contributed by atoms with Crippen molar-refractivity contribution in [3.63, 3.8) is 0 Å². The van der Waals surface area contributed by atoms with Crippen molar-refractivity contribution in [3.05, 3.63) is 5.82 Å². The molecule has 1 unspecified atom stereocenters. The lowest BCUT2D eigenvalue weighted by molar-refractivity contribution is 0.0544. The molecule has 0 bridgehead atoms. The van der Waals surface area contributed by atoms with Crippen molar-refractivity contribution in [2.45, 2.75) is 33.3 Å². The first-order chi connectivity index (χ1) is 6.81. The number of nitrogens with zero attached hydrogens (tertiary/aromatic N) is 2. The molecule has 0 spiro atoms. The van der Waals surface area contributed by atoms with Gasteiger partial charge in [0.15, 0.2) is 5.82 Å². The predicted molar refractivity (Wildman–Crippen MR) is 58.7 cm³/mol. The van der Waals surface area contributed by atoms with E-state index in [2.05, 4.69) is 21.6 Å². The highest BCUT2D eigenvalue weighted by Gasteiger charge is 2.14. The number of hydrogen-bond acceptors (Lipinski definition) is 5. The Hall–Kier alpha value is -0.680. The zero-order valence-electron chi connectivity index (χ0n) is 8.91. The molecule has 1 rings (SSSR count). The van der Waals surface area contributed by atoms with Crippen LogP contribution in [0.3, 0.4) is 0 Å². The second-order valence-corrected chi connectivity index (χ2v) is 3.59. The van der Waals surface area contributed by atoms with E-state index in [1.54, 1.807) is 0 Å². The van der Waals surface area contributed by atoms with Gasteiger partial charge in [-0.15, -0.1) is 0 Å². The Bertz CT molecular complexity index is 264. The largest absolute Gasteiger partial charge is 0.370 e. The minimum atomic E-state index is 0.0451. The van der Waals surface area contributed by atoms with Crippen molar-refractivity contribution in [2.24, 2.45) is 0 Å². The van der Waals surface area contributed by atoms with E-state index in [1.165, 1.54) is 11.5 Å². The van der Waals surface area contributed by atoms with Gasteiger partial charge in [-0.05, 0) is 20.3 Å². The molecule has 0 amide bonds. The van der Waals surface area contributed by atoms with Gasteiger partial charge < -0.3 is 10.1 Å². The van der Waals surface area contributed by atoms with Crippen molar-refractivity contribution >= 4 is 16.7 Å². The topological polar surface area (TPSA) is 47.0 Å². The summed E-state index contributed by atoms with van der Waals surface area (Å²) in [6, 6.07) is 0. The predicted octanol–water partition coefficient (Wildman–Crippen LogP) is 2.46. The third kappa shape index (κ3) is 2.92. The fourth-order valence-corrected chi connectivity index (χ4v) is 1.85. The number of nitrogens with one attached hydrogen (secondary N) is 1. The number of aromatic nitrogens is 2. The fourth-order valence-electron chi connectivity index (χ4n) is 1.16. The minimum Gasteiger partial charge on any atom is -0.370 e. The van der Waals surface area contributed by atoms with Gasteiger partial charge in [0, 0.05) is 24.7 Å². The van der Waals surface area contributed by atoms with Crippen molar-refractivity contribution in [1.82, 2.24) is 9.36 Å². The number of rotatable bonds is 6. The van der Waals surface area contributed by atoms with Crippen molar-refractivity contribution in [3.8, 4) is 0 Å². The molecule has 0 aliphatic heterocycles. The van der Waals surface area contributed by atoms with Crippen LogP contribution < -0.4 is 5.32 Å². The Labute approximate surface area is 88.9 Å². The highest BCUT2D eigenvalue weighted by atomic mass is 32.1. The quantitative estimate of drug-likeness (QED) is 0.792. The maximum absolute atomic E-state index is 5.52. The highest BCUT2D eigenvalue weighted by Crippen LogP contribution is 2.21. The second kappa shape index (κ2) is 5.93. The second-order valence-electron chi connectivity index (χ2n) is 2.84. The van der Waals surface area contributed by atoms with Crippen LogP contribution >= 0.6 is 11.5 Å². The zero-order valence-corrected chi connectivity index (χ0v) is 9.73. The van der Waals surface area contributed by atoms with Gasteiger partial charge in [0.2, 0.25) is 5.13 Å². The SMILES string of the molecule is CCNc1nc(C(CC)OCC)ns1. The molecule has 1 heterocycles.